The molecule has 2 aromatic rings. The second-order valence-corrected chi connectivity index (χ2v) is 6.38. The molecule has 2 aliphatic rings. The molecule has 1 amide bonds. The number of hydrogen-bond acceptors (Lipinski definition) is 4. The Labute approximate surface area is 157 Å². The zero-order valence-corrected chi connectivity index (χ0v) is 14.9. The van der Waals surface area contributed by atoms with Gasteiger partial charge in [-0.3, -0.25) is 4.79 Å². The fourth-order valence-electron chi connectivity index (χ4n) is 3.11. The lowest BCUT2D eigenvalue weighted by Gasteiger charge is -2.14. The van der Waals surface area contributed by atoms with Gasteiger partial charge in [-0.2, -0.15) is 15.5 Å². The summed E-state index contributed by atoms with van der Waals surface area (Å²) in [5.74, 6) is -0.102. The van der Waals surface area contributed by atoms with Gasteiger partial charge >= 0.3 is 11.9 Å². The van der Waals surface area contributed by atoms with Crippen molar-refractivity contribution in [3.63, 3.8) is 0 Å². The number of hydrogen-bond donors (Lipinski definition) is 2. The van der Waals surface area contributed by atoms with Gasteiger partial charge in [0.15, 0.2) is 6.21 Å². The zero-order valence-electron chi connectivity index (χ0n) is 14.9. The Morgan fingerprint density at radius 3 is 2.56 bits per heavy atom. The second kappa shape index (κ2) is 6.92. The summed E-state index contributed by atoms with van der Waals surface area (Å²) < 4.78 is 1.79. The summed E-state index contributed by atoms with van der Waals surface area (Å²) in [5, 5.41) is 5.93. The van der Waals surface area contributed by atoms with Crippen molar-refractivity contribution in [1.29, 1.82) is 0 Å². The fourth-order valence-corrected chi connectivity index (χ4v) is 3.11. The maximum atomic E-state index is 13.1. The van der Waals surface area contributed by atoms with Gasteiger partial charge in [-0.25, -0.2) is 0 Å². The number of hydrazine groups is 1. The van der Waals surface area contributed by atoms with Crippen molar-refractivity contribution in [3.8, 4) is 0 Å². The van der Waals surface area contributed by atoms with Crippen molar-refractivity contribution in [1.82, 2.24) is 5.43 Å². The van der Waals surface area contributed by atoms with Crippen molar-refractivity contribution < 1.29 is 9.48 Å². The molecule has 2 heterocycles. The molecule has 6 heteroatoms. The summed E-state index contributed by atoms with van der Waals surface area (Å²) in [6.45, 7) is 1.86. The molecule has 0 saturated heterocycles. The summed E-state index contributed by atoms with van der Waals surface area (Å²) in [5.41, 5.74) is 13.2. The number of nitrogens with two attached hydrogens (primary N) is 1. The van der Waals surface area contributed by atoms with Crippen LogP contribution in [-0.4, -0.2) is 28.6 Å². The van der Waals surface area contributed by atoms with Crippen LogP contribution >= 0.6 is 0 Å². The number of nitrogens with one attached hydrogen (secondary N) is 1. The number of carbonyl (C=O) groups is 1. The summed E-state index contributed by atoms with van der Waals surface area (Å²) in [6.07, 6.45) is 7.63. The molecular formula is C21H20N5O+. The van der Waals surface area contributed by atoms with Crippen LogP contribution in [-0.2, 0) is 4.79 Å². The molecular weight excluding hydrogens is 338 g/mol. The SMILES string of the molecule is CC1=NN(c2ccccc2)C(=O)C1[N+]1=CC=CC=C(c2ccc(N)cc2)N1. The highest BCUT2D eigenvalue weighted by molar-refractivity contribution is 6.17. The molecule has 4 rings (SSSR count). The molecule has 1 unspecified atom stereocenters. The number of para-hydroxylation sites is 1. The van der Waals surface area contributed by atoms with Crippen molar-refractivity contribution >= 4 is 34.9 Å². The topological polar surface area (TPSA) is 73.7 Å². The van der Waals surface area contributed by atoms with E-state index in [2.05, 4.69) is 10.5 Å². The number of carbonyl (C=O) groups excluding carboxylic acids is 1. The second-order valence-electron chi connectivity index (χ2n) is 6.38. The Morgan fingerprint density at radius 1 is 1.07 bits per heavy atom. The van der Waals surface area contributed by atoms with Crippen molar-refractivity contribution in [2.75, 3.05) is 10.7 Å². The van der Waals surface area contributed by atoms with Crippen molar-refractivity contribution in [2.24, 2.45) is 5.10 Å². The number of benzene rings is 2. The first-order chi connectivity index (χ1) is 13.1. The molecule has 1 atom stereocenters. The molecule has 2 aromatic carbocycles. The van der Waals surface area contributed by atoms with E-state index in [1.165, 1.54) is 5.01 Å². The van der Waals surface area contributed by atoms with E-state index in [0.717, 1.165) is 22.7 Å². The lowest BCUT2D eigenvalue weighted by molar-refractivity contribution is -0.575. The number of anilines is 2. The van der Waals surface area contributed by atoms with Gasteiger partial charge in [0, 0.05) is 17.3 Å². The maximum Gasteiger partial charge on any atom is 0.325 e. The molecule has 0 aliphatic carbocycles. The van der Waals surface area contributed by atoms with Crippen molar-refractivity contribution in [3.05, 3.63) is 78.4 Å². The van der Waals surface area contributed by atoms with Gasteiger partial charge in [-0.1, -0.05) is 41.1 Å². The summed E-state index contributed by atoms with van der Waals surface area (Å²) in [7, 11) is 0. The molecule has 134 valence electrons. The largest absolute Gasteiger partial charge is 0.399 e. The molecule has 0 saturated carbocycles. The highest BCUT2D eigenvalue weighted by atomic mass is 16.2. The number of allylic oxidation sites excluding steroid dienone is 3. The Hall–Kier alpha value is -3.67. The number of rotatable bonds is 3. The molecule has 3 N–H and O–H groups in total. The van der Waals surface area contributed by atoms with Gasteiger partial charge < -0.3 is 5.73 Å². The van der Waals surface area contributed by atoms with E-state index in [1.807, 2.05) is 86.0 Å². The van der Waals surface area contributed by atoms with E-state index in [4.69, 9.17) is 5.73 Å². The highest BCUT2D eigenvalue weighted by Crippen LogP contribution is 2.22. The summed E-state index contributed by atoms with van der Waals surface area (Å²) in [6, 6.07) is 16.5. The van der Waals surface area contributed by atoms with Crippen LogP contribution in [0, 0.1) is 0 Å². The smallest absolute Gasteiger partial charge is 0.325 e. The standard InChI is InChI=1S/C21H19N5O/c1-15-20(21(27)26(23-15)18-7-3-2-4-8-18)25-14-6-5-9-19(24-25)16-10-12-17(22)13-11-16/h2-14,20H,1H3,(H2,22,24)/p+1. The number of hydrazone groups is 2. The minimum absolute atomic E-state index is 0.102. The van der Waals surface area contributed by atoms with E-state index in [0.29, 0.717) is 5.69 Å². The predicted octanol–water partition coefficient (Wildman–Crippen LogP) is 2.56. The fraction of sp³-hybridized carbons (Fsp3) is 0.0952. The van der Waals surface area contributed by atoms with Crippen LogP contribution in [0.3, 0.4) is 0 Å². The Kier molecular flexibility index (Phi) is 4.30. The normalized spacial score (nSPS) is 19.1. The monoisotopic (exact) mass is 358 g/mol. The number of nitrogen functional groups attached to an aromatic ring is 1. The minimum atomic E-state index is -0.523. The average Bonchev–Trinajstić information content (AvgIpc) is 2.85. The zero-order chi connectivity index (χ0) is 18.8. The van der Waals surface area contributed by atoms with Gasteiger partial charge in [0.1, 0.15) is 11.4 Å². The van der Waals surface area contributed by atoms with Crippen LogP contribution in [0.1, 0.15) is 12.5 Å². The van der Waals surface area contributed by atoms with Gasteiger partial charge in [0.2, 0.25) is 0 Å². The molecule has 6 nitrogen and oxygen atoms in total. The lowest BCUT2D eigenvalue weighted by atomic mass is 10.1. The minimum Gasteiger partial charge on any atom is -0.399 e. The van der Waals surface area contributed by atoms with Crippen LogP contribution in [0.25, 0.3) is 5.70 Å². The quantitative estimate of drug-likeness (QED) is 0.654. The van der Waals surface area contributed by atoms with E-state index >= 15 is 0 Å². The van der Waals surface area contributed by atoms with Gasteiger partial charge in [-0.15, -0.1) is 0 Å². The third-order valence-electron chi connectivity index (χ3n) is 4.47. The maximum absolute atomic E-state index is 13.1. The first-order valence-corrected chi connectivity index (χ1v) is 8.70. The Morgan fingerprint density at radius 2 is 1.81 bits per heavy atom. The first kappa shape index (κ1) is 16.8. The summed E-state index contributed by atoms with van der Waals surface area (Å²) >= 11 is 0. The van der Waals surface area contributed by atoms with E-state index in [9.17, 15) is 4.79 Å². The van der Waals surface area contributed by atoms with Crippen LogP contribution in [0.4, 0.5) is 11.4 Å². The lowest BCUT2D eigenvalue weighted by Crippen LogP contribution is -2.46. The van der Waals surface area contributed by atoms with Crippen LogP contribution in [0.15, 0.2) is 77.9 Å². The van der Waals surface area contributed by atoms with Gasteiger partial charge in [0.25, 0.3) is 0 Å². The van der Waals surface area contributed by atoms with Gasteiger partial charge in [-0.05, 0) is 37.3 Å². The van der Waals surface area contributed by atoms with E-state index in [-0.39, 0.29) is 5.91 Å². The van der Waals surface area contributed by atoms with E-state index in [1.54, 1.807) is 4.68 Å². The molecule has 0 radical (unpaired) electrons. The first-order valence-electron chi connectivity index (χ1n) is 8.70. The molecule has 0 spiro atoms. The van der Waals surface area contributed by atoms with Crippen LogP contribution in [0.5, 0.6) is 0 Å². The van der Waals surface area contributed by atoms with Gasteiger partial charge in [0.05, 0.1) is 5.69 Å². The molecule has 27 heavy (non-hydrogen) atoms. The third kappa shape index (κ3) is 3.25. The predicted molar refractivity (Wildman–Crippen MR) is 108 cm³/mol. The van der Waals surface area contributed by atoms with E-state index < -0.39 is 6.04 Å². The number of nitrogens with zero attached hydrogens (tertiary/aromatic N) is 3. The molecule has 0 aromatic heterocycles. The van der Waals surface area contributed by atoms with Crippen molar-refractivity contribution in [2.45, 2.75) is 13.0 Å². The van der Waals surface area contributed by atoms with Crippen LogP contribution in [0.2, 0.25) is 0 Å². The third-order valence-corrected chi connectivity index (χ3v) is 4.47. The Balaban J connectivity index is 1.62. The molecule has 0 fully saturated rings. The highest BCUT2D eigenvalue weighted by Gasteiger charge is 2.43. The Bertz CT molecular complexity index is 987. The average molecular weight is 358 g/mol. The number of amides is 1. The molecule has 2 aliphatic heterocycles. The summed E-state index contributed by atoms with van der Waals surface area (Å²) in [4.78, 5) is 13.1. The van der Waals surface area contributed by atoms with Crippen LogP contribution < -0.4 is 16.2 Å². The molecule has 0 bridgehead atoms.